The Morgan fingerprint density at radius 1 is 1.00 bits per heavy atom. The Balaban J connectivity index is 2.28. The van der Waals surface area contributed by atoms with Crippen LogP contribution in [-0.4, -0.2) is 5.11 Å². The molecule has 1 N–H and O–H groups in total. The summed E-state index contributed by atoms with van der Waals surface area (Å²) < 4.78 is 0. The molecule has 2 aromatic rings. The van der Waals surface area contributed by atoms with E-state index in [0.29, 0.717) is 5.69 Å². The van der Waals surface area contributed by atoms with Crippen LogP contribution in [0.1, 0.15) is 18.6 Å². The van der Waals surface area contributed by atoms with Crippen molar-refractivity contribution in [2.45, 2.75) is 13.0 Å². The molecule has 0 bridgehead atoms. The van der Waals surface area contributed by atoms with E-state index in [0.717, 1.165) is 16.7 Å². The zero-order chi connectivity index (χ0) is 13.0. The van der Waals surface area contributed by atoms with Gasteiger partial charge in [0.2, 0.25) is 0 Å². The SMILES string of the molecule is CC(O)c1ccc(-c2ccc(N=[N+]=[N-])cc2)cc1. The standard InChI is InChI=1S/C14H13N3O/c1-10(18)11-2-4-12(5-3-11)13-6-8-14(9-7-13)16-17-15/h2-10,18H,1H3. The molecule has 1 atom stereocenters. The minimum atomic E-state index is -0.452. The summed E-state index contributed by atoms with van der Waals surface area (Å²) in [5.41, 5.74) is 11.9. The lowest BCUT2D eigenvalue weighted by Crippen LogP contribution is -1.89. The Bertz CT molecular complexity index is 567. The number of aliphatic hydroxyl groups is 1. The first-order valence-electron chi connectivity index (χ1n) is 5.64. The van der Waals surface area contributed by atoms with Gasteiger partial charge in [0.25, 0.3) is 0 Å². The Labute approximate surface area is 105 Å². The molecule has 0 aliphatic rings. The third-order valence-corrected chi connectivity index (χ3v) is 2.75. The summed E-state index contributed by atoms with van der Waals surface area (Å²) in [4.78, 5) is 2.74. The van der Waals surface area contributed by atoms with Gasteiger partial charge in [0.15, 0.2) is 0 Å². The molecule has 0 saturated heterocycles. The summed E-state index contributed by atoms with van der Waals surface area (Å²) in [6.45, 7) is 1.74. The molecule has 90 valence electrons. The first-order chi connectivity index (χ1) is 8.70. The van der Waals surface area contributed by atoms with Gasteiger partial charge in [0.1, 0.15) is 0 Å². The van der Waals surface area contributed by atoms with Crippen LogP contribution in [0, 0.1) is 0 Å². The van der Waals surface area contributed by atoms with Gasteiger partial charge in [0.05, 0.1) is 6.10 Å². The second kappa shape index (κ2) is 5.36. The van der Waals surface area contributed by atoms with Gasteiger partial charge in [-0.15, -0.1) is 0 Å². The number of rotatable bonds is 3. The monoisotopic (exact) mass is 239 g/mol. The van der Waals surface area contributed by atoms with Crippen molar-refractivity contribution >= 4 is 5.69 Å². The van der Waals surface area contributed by atoms with Gasteiger partial charge in [-0.3, -0.25) is 0 Å². The normalized spacial score (nSPS) is 11.7. The maximum Gasteiger partial charge on any atom is 0.0761 e. The smallest absolute Gasteiger partial charge is 0.0761 e. The van der Waals surface area contributed by atoms with Crippen LogP contribution in [0.4, 0.5) is 5.69 Å². The van der Waals surface area contributed by atoms with Crippen LogP contribution in [0.3, 0.4) is 0 Å². The number of azide groups is 1. The Kier molecular flexibility index (Phi) is 3.63. The minimum Gasteiger partial charge on any atom is -0.389 e. The maximum absolute atomic E-state index is 9.43. The van der Waals surface area contributed by atoms with Crippen molar-refractivity contribution in [3.8, 4) is 11.1 Å². The topological polar surface area (TPSA) is 69.0 Å². The van der Waals surface area contributed by atoms with E-state index in [2.05, 4.69) is 10.0 Å². The summed E-state index contributed by atoms with van der Waals surface area (Å²) in [6, 6.07) is 15.1. The first kappa shape index (κ1) is 12.2. The van der Waals surface area contributed by atoms with E-state index in [4.69, 9.17) is 5.53 Å². The second-order valence-corrected chi connectivity index (χ2v) is 4.03. The quantitative estimate of drug-likeness (QED) is 0.483. The molecule has 2 aromatic carbocycles. The van der Waals surface area contributed by atoms with E-state index in [1.54, 1.807) is 19.1 Å². The average molecular weight is 239 g/mol. The number of nitrogens with zero attached hydrogens (tertiary/aromatic N) is 3. The van der Waals surface area contributed by atoms with Crippen molar-refractivity contribution in [2.75, 3.05) is 0 Å². The first-order valence-corrected chi connectivity index (χ1v) is 5.64. The van der Waals surface area contributed by atoms with Crippen LogP contribution in [0.2, 0.25) is 0 Å². The Hall–Kier alpha value is -2.29. The summed E-state index contributed by atoms with van der Waals surface area (Å²) in [5.74, 6) is 0. The minimum absolute atomic E-state index is 0.452. The predicted molar refractivity (Wildman–Crippen MR) is 71.3 cm³/mol. The number of benzene rings is 2. The fourth-order valence-corrected chi connectivity index (χ4v) is 1.73. The van der Waals surface area contributed by atoms with Gasteiger partial charge in [-0.1, -0.05) is 53.6 Å². The summed E-state index contributed by atoms with van der Waals surface area (Å²) in [5, 5.41) is 13.0. The van der Waals surface area contributed by atoms with E-state index in [1.807, 2.05) is 36.4 Å². The van der Waals surface area contributed by atoms with Crippen molar-refractivity contribution in [3.05, 3.63) is 64.5 Å². The highest BCUT2D eigenvalue weighted by molar-refractivity contribution is 5.65. The third kappa shape index (κ3) is 2.69. The molecule has 0 amide bonds. The van der Waals surface area contributed by atoms with Gasteiger partial charge >= 0.3 is 0 Å². The van der Waals surface area contributed by atoms with Crippen LogP contribution >= 0.6 is 0 Å². The van der Waals surface area contributed by atoms with Gasteiger partial charge in [-0.05, 0) is 29.1 Å². The van der Waals surface area contributed by atoms with Crippen LogP contribution in [0.15, 0.2) is 53.6 Å². The van der Waals surface area contributed by atoms with E-state index in [1.165, 1.54) is 0 Å². The van der Waals surface area contributed by atoms with Crippen molar-refractivity contribution in [3.63, 3.8) is 0 Å². The van der Waals surface area contributed by atoms with Gasteiger partial charge in [-0.2, -0.15) is 0 Å². The fraction of sp³-hybridized carbons (Fsp3) is 0.143. The molecular formula is C14H13N3O. The van der Waals surface area contributed by atoms with Crippen LogP contribution < -0.4 is 0 Å². The highest BCUT2D eigenvalue weighted by atomic mass is 16.3. The fourth-order valence-electron chi connectivity index (χ4n) is 1.73. The van der Waals surface area contributed by atoms with Crippen LogP contribution in [-0.2, 0) is 0 Å². The molecule has 0 aliphatic carbocycles. The van der Waals surface area contributed by atoms with Crippen molar-refractivity contribution in [1.29, 1.82) is 0 Å². The molecule has 0 saturated carbocycles. The number of hydrogen-bond donors (Lipinski definition) is 1. The van der Waals surface area contributed by atoms with Crippen LogP contribution in [0.5, 0.6) is 0 Å². The molecule has 0 aromatic heterocycles. The summed E-state index contributed by atoms with van der Waals surface area (Å²) in [7, 11) is 0. The number of hydrogen-bond acceptors (Lipinski definition) is 2. The highest BCUT2D eigenvalue weighted by Crippen LogP contribution is 2.24. The molecule has 18 heavy (non-hydrogen) atoms. The van der Waals surface area contributed by atoms with Crippen molar-refractivity contribution in [2.24, 2.45) is 5.11 Å². The van der Waals surface area contributed by atoms with E-state index in [-0.39, 0.29) is 0 Å². The molecule has 0 radical (unpaired) electrons. The van der Waals surface area contributed by atoms with E-state index in [9.17, 15) is 5.11 Å². The largest absolute Gasteiger partial charge is 0.389 e. The zero-order valence-corrected chi connectivity index (χ0v) is 9.99. The molecule has 0 aliphatic heterocycles. The Morgan fingerprint density at radius 2 is 1.50 bits per heavy atom. The third-order valence-electron chi connectivity index (χ3n) is 2.75. The van der Waals surface area contributed by atoms with Crippen LogP contribution in [0.25, 0.3) is 21.6 Å². The molecule has 4 heteroatoms. The lowest BCUT2D eigenvalue weighted by Gasteiger charge is -2.06. The molecule has 0 heterocycles. The van der Waals surface area contributed by atoms with Gasteiger partial charge < -0.3 is 5.11 Å². The maximum atomic E-state index is 9.43. The second-order valence-electron chi connectivity index (χ2n) is 4.03. The molecular weight excluding hydrogens is 226 g/mol. The van der Waals surface area contributed by atoms with Crippen molar-refractivity contribution < 1.29 is 5.11 Å². The predicted octanol–water partition coefficient (Wildman–Crippen LogP) is 4.35. The summed E-state index contributed by atoms with van der Waals surface area (Å²) in [6.07, 6.45) is -0.452. The Morgan fingerprint density at radius 3 is 1.94 bits per heavy atom. The lowest BCUT2D eigenvalue weighted by molar-refractivity contribution is 0.199. The molecule has 0 spiro atoms. The average Bonchev–Trinajstić information content (AvgIpc) is 2.40. The molecule has 4 nitrogen and oxygen atoms in total. The highest BCUT2D eigenvalue weighted by Gasteiger charge is 2.01. The van der Waals surface area contributed by atoms with Gasteiger partial charge in [0, 0.05) is 10.6 Å². The van der Waals surface area contributed by atoms with Gasteiger partial charge in [-0.25, -0.2) is 0 Å². The number of aliphatic hydroxyl groups excluding tert-OH is 1. The van der Waals surface area contributed by atoms with E-state index >= 15 is 0 Å². The molecule has 0 fully saturated rings. The molecule has 1 unspecified atom stereocenters. The summed E-state index contributed by atoms with van der Waals surface area (Å²) >= 11 is 0. The van der Waals surface area contributed by atoms with Crippen molar-refractivity contribution in [1.82, 2.24) is 0 Å². The lowest BCUT2D eigenvalue weighted by atomic mass is 10.0. The van der Waals surface area contributed by atoms with E-state index < -0.39 is 6.10 Å². The zero-order valence-electron chi connectivity index (χ0n) is 9.99. The molecule has 2 rings (SSSR count).